The summed E-state index contributed by atoms with van der Waals surface area (Å²) in [5.74, 6) is -0.102. The van der Waals surface area contributed by atoms with E-state index in [9.17, 15) is 9.90 Å². The number of carboxylic acids is 1. The predicted octanol–water partition coefficient (Wildman–Crippen LogP) is 2.67. The highest BCUT2D eigenvalue weighted by atomic mass is 16.5. The minimum absolute atomic E-state index is 0.510. The molecule has 0 radical (unpaired) electrons. The first-order valence-electron chi connectivity index (χ1n) is 5.58. The Hall–Kier alpha value is -1.71. The Kier molecular flexibility index (Phi) is 4.82. The fraction of sp³-hybridized carbons (Fsp3) is 0.462. The summed E-state index contributed by atoms with van der Waals surface area (Å²) in [6.07, 6.45) is 1.42. The first kappa shape index (κ1) is 13.4. The molecule has 0 fully saturated rings. The van der Waals surface area contributed by atoms with Gasteiger partial charge in [-0.15, -0.1) is 0 Å². The van der Waals surface area contributed by atoms with E-state index < -0.39 is 11.9 Å². The first-order valence-corrected chi connectivity index (χ1v) is 5.58. The molecule has 0 aliphatic carbocycles. The highest BCUT2D eigenvalue weighted by Gasteiger charge is 2.20. The number of aliphatic carboxylic acids is 1. The van der Waals surface area contributed by atoms with E-state index in [0.29, 0.717) is 17.9 Å². The second-order valence-electron chi connectivity index (χ2n) is 3.83. The van der Waals surface area contributed by atoms with E-state index in [2.05, 4.69) is 0 Å². The molecule has 0 saturated carbocycles. The van der Waals surface area contributed by atoms with Crippen molar-refractivity contribution in [1.82, 2.24) is 0 Å². The van der Waals surface area contributed by atoms with Crippen molar-refractivity contribution in [3.05, 3.63) is 23.8 Å². The van der Waals surface area contributed by atoms with Crippen molar-refractivity contribution < 1.29 is 19.4 Å². The molecule has 0 saturated heterocycles. The van der Waals surface area contributed by atoms with Gasteiger partial charge in [-0.2, -0.15) is 0 Å². The maximum Gasteiger partial charge on any atom is 0.310 e. The van der Waals surface area contributed by atoms with Crippen LogP contribution in [0.25, 0.3) is 0 Å². The summed E-state index contributed by atoms with van der Waals surface area (Å²) in [7, 11) is 3.10. The number of ether oxygens (including phenoxy) is 2. The zero-order chi connectivity index (χ0) is 12.8. The number of rotatable bonds is 6. The van der Waals surface area contributed by atoms with E-state index in [0.717, 1.165) is 12.0 Å². The zero-order valence-electron chi connectivity index (χ0n) is 10.4. The lowest BCUT2D eigenvalue weighted by Crippen LogP contribution is -2.11. The molecule has 0 aromatic heterocycles. The van der Waals surface area contributed by atoms with E-state index in [4.69, 9.17) is 9.47 Å². The van der Waals surface area contributed by atoms with Gasteiger partial charge in [0.15, 0.2) is 0 Å². The maximum absolute atomic E-state index is 11.2. The van der Waals surface area contributed by atoms with Crippen LogP contribution in [-0.4, -0.2) is 25.3 Å². The van der Waals surface area contributed by atoms with Crippen LogP contribution >= 0.6 is 0 Å². The van der Waals surface area contributed by atoms with Gasteiger partial charge in [0.2, 0.25) is 0 Å². The van der Waals surface area contributed by atoms with Crippen LogP contribution in [0.2, 0.25) is 0 Å². The van der Waals surface area contributed by atoms with Gasteiger partial charge >= 0.3 is 5.97 Å². The van der Waals surface area contributed by atoms with Crippen LogP contribution in [-0.2, 0) is 4.79 Å². The molecule has 0 aliphatic heterocycles. The van der Waals surface area contributed by atoms with Crippen molar-refractivity contribution in [2.24, 2.45) is 0 Å². The molecule has 17 heavy (non-hydrogen) atoms. The molecule has 0 aliphatic rings. The molecule has 94 valence electrons. The molecule has 4 heteroatoms. The molecule has 0 heterocycles. The molecule has 1 aromatic carbocycles. The molecular formula is C13H18O4. The predicted molar refractivity (Wildman–Crippen MR) is 64.8 cm³/mol. The summed E-state index contributed by atoms with van der Waals surface area (Å²) >= 11 is 0. The Morgan fingerprint density at radius 1 is 1.24 bits per heavy atom. The number of carbonyl (C=O) groups is 1. The first-order chi connectivity index (χ1) is 8.12. The van der Waals surface area contributed by atoms with E-state index in [1.165, 1.54) is 0 Å². The number of hydrogen-bond acceptors (Lipinski definition) is 3. The summed E-state index contributed by atoms with van der Waals surface area (Å²) in [6.45, 7) is 1.97. The maximum atomic E-state index is 11.2. The monoisotopic (exact) mass is 238 g/mol. The van der Waals surface area contributed by atoms with Gasteiger partial charge < -0.3 is 14.6 Å². The van der Waals surface area contributed by atoms with Crippen molar-refractivity contribution >= 4 is 5.97 Å². The fourth-order valence-corrected chi connectivity index (χ4v) is 1.75. The largest absolute Gasteiger partial charge is 0.497 e. The van der Waals surface area contributed by atoms with Crippen LogP contribution < -0.4 is 9.47 Å². The number of hydrogen-bond donors (Lipinski definition) is 1. The molecule has 0 bridgehead atoms. The molecule has 1 atom stereocenters. The Morgan fingerprint density at radius 2 is 1.76 bits per heavy atom. The average molecular weight is 238 g/mol. The van der Waals surface area contributed by atoms with Crippen LogP contribution in [0.5, 0.6) is 11.5 Å². The van der Waals surface area contributed by atoms with E-state index in [-0.39, 0.29) is 0 Å². The number of benzene rings is 1. The van der Waals surface area contributed by atoms with Crippen LogP contribution in [0.3, 0.4) is 0 Å². The molecule has 1 rings (SSSR count). The van der Waals surface area contributed by atoms with Gasteiger partial charge in [0, 0.05) is 6.07 Å². The highest BCUT2D eigenvalue weighted by Crippen LogP contribution is 2.30. The zero-order valence-corrected chi connectivity index (χ0v) is 10.4. The Morgan fingerprint density at radius 3 is 2.12 bits per heavy atom. The summed E-state index contributed by atoms with van der Waals surface area (Å²) in [6, 6.07) is 5.22. The number of methoxy groups -OCH3 is 2. The number of carboxylic acid groups (broad SMARTS) is 1. The highest BCUT2D eigenvalue weighted by molar-refractivity contribution is 5.76. The average Bonchev–Trinajstić information content (AvgIpc) is 2.34. The van der Waals surface area contributed by atoms with E-state index >= 15 is 0 Å². The summed E-state index contributed by atoms with van der Waals surface area (Å²) < 4.78 is 10.3. The quantitative estimate of drug-likeness (QED) is 0.827. The van der Waals surface area contributed by atoms with Gasteiger partial charge in [-0.05, 0) is 24.1 Å². The standard InChI is InChI=1S/C13H18O4/c1-4-5-12(13(14)15)9-6-10(16-2)8-11(7-9)17-3/h6-8,12H,4-5H2,1-3H3,(H,14,15). The molecule has 1 unspecified atom stereocenters. The lowest BCUT2D eigenvalue weighted by atomic mass is 9.94. The molecule has 4 nitrogen and oxygen atoms in total. The van der Waals surface area contributed by atoms with Crippen LogP contribution in [0.4, 0.5) is 0 Å². The lowest BCUT2D eigenvalue weighted by Gasteiger charge is -2.14. The molecule has 0 amide bonds. The van der Waals surface area contributed by atoms with Gasteiger partial charge in [-0.3, -0.25) is 4.79 Å². The molecule has 1 N–H and O–H groups in total. The SMILES string of the molecule is CCCC(C(=O)O)c1cc(OC)cc(OC)c1. The van der Waals surface area contributed by atoms with E-state index in [1.807, 2.05) is 6.92 Å². The molecule has 0 spiro atoms. The summed E-state index contributed by atoms with van der Waals surface area (Å²) in [4.78, 5) is 11.2. The Bertz CT molecular complexity index is 365. The minimum atomic E-state index is -0.817. The summed E-state index contributed by atoms with van der Waals surface area (Å²) in [5.41, 5.74) is 0.718. The summed E-state index contributed by atoms with van der Waals surface area (Å²) in [5, 5.41) is 9.20. The van der Waals surface area contributed by atoms with Crippen molar-refractivity contribution in [3.63, 3.8) is 0 Å². The van der Waals surface area contributed by atoms with E-state index in [1.54, 1.807) is 32.4 Å². The second-order valence-corrected chi connectivity index (χ2v) is 3.83. The third kappa shape index (κ3) is 3.37. The van der Waals surface area contributed by atoms with Crippen LogP contribution in [0.1, 0.15) is 31.2 Å². The Balaban J connectivity index is 3.12. The van der Waals surface area contributed by atoms with Crippen LogP contribution in [0.15, 0.2) is 18.2 Å². The van der Waals surface area contributed by atoms with Crippen LogP contribution in [0, 0.1) is 0 Å². The topological polar surface area (TPSA) is 55.8 Å². The van der Waals surface area contributed by atoms with Gasteiger partial charge in [0.05, 0.1) is 20.1 Å². The smallest absolute Gasteiger partial charge is 0.310 e. The van der Waals surface area contributed by atoms with Gasteiger partial charge in [0.25, 0.3) is 0 Å². The molecular weight excluding hydrogens is 220 g/mol. The van der Waals surface area contributed by atoms with Gasteiger partial charge in [-0.25, -0.2) is 0 Å². The van der Waals surface area contributed by atoms with Gasteiger partial charge in [-0.1, -0.05) is 13.3 Å². The minimum Gasteiger partial charge on any atom is -0.497 e. The van der Waals surface area contributed by atoms with Crippen molar-refractivity contribution in [3.8, 4) is 11.5 Å². The fourth-order valence-electron chi connectivity index (χ4n) is 1.75. The van der Waals surface area contributed by atoms with Crippen molar-refractivity contribution in [1.29, 1.82) is 0 Å². The third-order valence-electron chi connectivity index (χ3n) is 2.65. The molecule has 1 aromatic rings. The van der Waals surface area contributed by atoms with Crippen molar-refractivity contribution in [2.75, 3.05) is 14.2 Å². The Labute approximate surface area is 101 Å². The second kappa shape index (κ2) is 6.13. The van der Waals surface area contributed by atoms with Crippen molar-refractivity contribution in [2.45, 2.75) is 25.7 Å². The lowest BCUT2D eigenvalue weighted by molar-refractivity contribution is -0.139. The third-order valence-corrected chi connectivity index (χ3v) is 2.65. The van der Waals surface area contributed by atoms with Gasteiger partial charge in [0.1, 0.15) is 11.5 Å². The normalized spacial score (nSPS) is 11.9.